The van der Waals surface area contributed by atoms with E-state index in [-0.39, 0.29) is 11.3 Å². The summed E-state index contributed by atoms with van der Waals surface area (Å²) in [5.41, 5.74) is 2.01. The van der Waals surface area contributed by atoms with E-state index in [1.165, 1.54) is 0 Å². The maximum atomic E-state index is 13.3. The highest BCUT2D eigenvalue weighted by molar-refractivity contribution is 5.39. The lowest BCUT2D eigenvalue weighted by Gasteiger charge is -2.25. The number of alkyl halides is 3. The topological polar surface area (TPSA) is 12.0 Å². The Kier molecular flexibility index (Phi) is 3.89. The zero-order valence-corrected chi connectivity index (χ0v) is 12.4. The van der Waals surface area contributed by atoms with Gasteiger partial charge in [-0.25, -0.2) is 0 Å². The molecule has 4 heteroatoms. The second kappa shape index (κ2) is 5.06. The van der Waals surface area contributed by atoms with Gasteiger partial charge in [0.1, 0.15) is 6.04 Å². The molecule has 20 heavy (non-hydrogen) atoms. The van der Waals surface area contributed by atoms with Crippen molar-refractivity contribution in [2.75, 3.05) is 6.54 Å². The molecular weight excluding hydrogens is 263 g/mol. The van der Waals surface area contributed by atoms with Crippen molar-refractivity contribution in [3.63, 3.8) is 0 Å². The predicted octanol–water partition coefficient (Wildman–Crippen LogP) is 4.37. The van der Waals surface area contributed by atoms with Crippen LogP contribution in [0.1, 0.15) is 50.4 Å². The third-order valence-corrected chi connectivity index (χ3v) is 3.89. The lowest BCUT2D eigenvalue weighted by atomic mass is 9.83. The van der Waals surface area contributed by atoms with Gasteiger partial charge >= 0.3 is 6.18 Å². The number of fused-ring (bicyclic) bond motifs is 1. The smallest absolute Gasteiger partial charge is 0.302 e. The molecule has 1 aromatic carbocycles. The Morgan fingerprint density at radius 1 is 1.15 bits per heavy atom. The first-order valence-corrected chi connectivity index (χ1v) is 7.02. The Labute approximate surface area is 118 Å². The van der Waals surface area contributed by atoms with E-state index in [2.05, 4.69) is 5.32 Å². The number of hydrogen-bond donors (Lipinski definition) is 1. The lowest BCUT2D eigenvalue weighted by molar-refractivity contribution is -0.157. The zero-order valence-electron chi connectivity index (χ0n) is 12.4. The fraction of sp³-hybridized carbons (Fsp3) is 0.625. The Hall–Kier alpha value is -1.03. The molecule has 1 N–H and O–H groups in total. The Balaban J connectivity index is 2.53. The monoisotopic (exact) mass is 285 g/mol. The van der Waals surface area contributed by atoms with Crippen LogP contribution in [-0.2, 0) is 11.8 Å². The van der Waals surface area contributed by atoms with Gasteiger partial charge in [0.2, 0.25) is 0 Å². The van der Waals surface area contributed by atoms with Crippen LogP contribution in [0.4, 0.5) is 13.2 Å². The number of benzene rings is 1. The molecule has 1 aliphatic heterocycles. The number of hydrogen-bond acceptors (Lipinski definition) is 1. The maximum Gasteiger partial charge on any atom is 0.407 e. The summed E-state index contributed by atoms with van der Waals surface area (Å²) in [6.45, 7) is 8.43. The third kappa shape index (κ3) is 3.17. The quantitative estimate of drug-likeness (QED) is 0.746. The van der Waals surface area contributed by atoms with E-state index in [9.17, 15) is 13.2 Å². The molecule has 112 valence electrons. The van der Waals surface area contributed by atoms with Crippen LogP contribution in [0.15, 0.2) is 18.2 Å². The highest BCUT2D eigenvalue weighted by atomic mass is 19.4. The minimum absolute atomic E-state index is 0.150. The highest BCUT2D eigenvalue weighted by Crippen LogP contribution is 2.38. The van der Waals surface area contributed by atoms with Crippen molar-refractivity contribution in [1.29, 1.82) is 0 Å². The molecule has 0 amide bonds. The van der Waals surface area contributed by atoms with Crippen molar-refractivity contribution in [2.45, 2.75) is 51.7 Å². The summed E-state index contributed by atoms with van der Waals surface area (Å²) >= 11 is 0. The van der Waals surface area contributed by atoms with Gasteiger partial charge in [0.15, 0.2) is 0 Å². The average molecular weight is 285 g/mol. The largest absolute Gasteiger partial charge is 0.407 e. The van der Waals surface area contributed by atoms with E-state index in [4.69, 9.17) is 0 Å². The van der Waals surface area contributed by atoms with Crippen molar-refractivity contribution in [1.82, 2.24) is 5.32 Å². The summed E-state index contributed by atoms with van der Waals surface area (Å²) < 4.78 is 39.9. The summed E-state index contributed by atoms with van der Waals surface area (Å²) in [7, 11) is 0. The molecule has 0 fully saturated rings. The standard InChI is InChI=1S/C16H22F3N/c1-10-7-11-5-6-12(15(2,3)4)8-13(11)14(20-9-10)16(17,18)19/h5-6,8,10,14,20H,7,9H2,1-4H3. The lowest BCUT2D eigenvalue weighted by Crippen LogP contribution is -2.35. The summed E-state index contributed by atoms with van der Waals surface area (Å²) in [4.78, 5) is 0. The number of nitrogens with one attached hydrogen (secondary N) is 1. The summed E-state index contributed by atoms with van der Waals surface area (Å²) in [5, 5.41) is 2.68. The van der Waals surface area contributed by atoms with Crippen molar-refractivity contribution in [2.24, 2.45) is 5.92 Å². The van der Waals surface area contributed by atoms with E-state index < -0.39 is 12.2 Å². The molecule has 0 spiro atoms. The number of rotatable bonds is 0. The van der Waals surface area contributed by atoms with E-state index in [0.717, 1.165) is 11.1 Å². The molecule has 0 radical (unpaired) electrons. The molecule has 2 rings (SSSR count). The Bertz CT molecular complexity index is 485. The van der Waals surface area contributed by atoms with Crippen LogP contribution in [0.2, 0.25) is 0 Å². The van der Waals surface area contributed by atoms with E-state index >= 15 is 0 Å². The van der Waals surface area contributed by atoms with E-state index in [0.29, 0.717) is 18.5 Å². The van der Waals surface area contributed by atoms with Crippen molar-refractivity contribution in [3.05, 3.63) is 34.9 Å². The highest BCUT2D eigenvalue weighted by Gasteiger charge is 2.43. The fourth-order valence-corrected chi connectivity index (χ4v) is 2.68. The SMILES string of the molecule is CC1CNC(C(F)(F)F)c2cc(C(C)(C)C)ccc2C1. The summed E-state index contributed by atoms with van der Waals surface area (Å²) in [6, 6.07) is 4.02. The van der Waals surface area contributed by atoms with Crippen LogP contribution in [0, 0.1) is 5.92 Å². The normalized spacial score (nSPS) is 24.1. The van der Waals surface area contributed by atoms with Crippen molar-refractivity contribution >= 4 is 0 Å². The second-order valence-electron chi connectivity index (χ2n) is 6.86. The van der Waals surface area contributed by atoms with Gasteiger partial charge in [-0.2, -0.15) is 13.2 Å². The average Bonchev–Trinajstić information content (AvgIpc) is 2.44. The first-order valence-electron chi connectivity index (χ1n) is 7.02. The Morgan fingerprint density at radius 3 is 2.35 bits per heavy atom. The summed E-state index contributed by atoms with van der Waals surface area (Å²) in [5.74, 6) is 0.210. The van der Waals surface area contributed by atoms with Gasteiger partial charge in [-0.15, -0.1) is 0 Å². The molecule has 1 aliphatic rings. The summed E-state index contributed by atoms with van der Waals surface area (Å²) in [6.07, 6.45) is -3.56. The molecule has 2 atom stereocenters. The molecule has 0 saturated carbocycles. The molecule has 0 bridgehead atoms. The third-order valence-electron chi connectivity index (χ3n) is 3.89. The van der Waals surface area contributed by atoms with Gasteiger partial charge in [-0.1, -0.05) is 45.9 Å². The Morgan fingerprint density at radius 2 is 1.80 bits per heavy atom. The molecule has 1 heterocycles. The van der Waals surface area contributed by atoms with Gasteiger partial charge in [0, 0.05) is 0 Å². The van der Waals surface area contributed by atoms with Gasteiger partial charge < -0.3 is 5.32 Å². The van der Waals surface area contributed by atoms with Gasteiger partial charge in [-0.05, 0) is 41.0 Å². The van der Waals surface area contributed by atoms with Crippen LogP contribution in [0.5, 0.6) is 0 Å². The van der Waals surface area contributed by atoms with Crippen molar-refractivity contribution in [3.8, 4) is 0 Å². The second-order valence-corrected chi connectivity index (χ2v) is 6.86. The van der Waals surface area contributed by atoms with Crippen LogP contribution in [-0.4, -0.2) is 12.7 Å². The van der Waals surface area contributed by atoms with Crippen LogP contribution >= 0.6 is 0 Å². The molecule has 2 unspecified atom stereocenters. The molecule has 0 saturated heterocycles. The number of halogens is 3. The first-order chi connectivity index (χ1) is 9.09. The molecule has 0 aromatic heterocycles. The minimum atomic E-state index is -4.25. The van der Waals surface area contributed by atoms with Gasteiger partial charge in [0.25, 0.3) is 0 Å². The van der Waals surface area contributed by atoms with Crippen LogP contribution in [0.25, 0.3) is 0 Å². The van der Waals surface area contributed by atoms with Crippen molar-refractivity contribution < 1.29 is 13.2 Å². The van der Waals surface area contributed by atoms with Crippen LogP contribution < -0.4 is 5.32 Å². The van der Waals surface area contributed by atoms with Crippen LogP contribution in [0.3, 0.4) is 0 Å². The maximum absolute atomic E-state index is 13.3. The minimum Gasteiger partial charge on any atom is -0.302 e. The van der Waals surface area contributed by atoms with Gasteiger partial charge in [-0.3, -0.25) is 0 Å². The molecular formula is C16H22F3N. The van der Waals surface area contributed by atoms with E-state index in [1.807, 2.05) is 39.8 Å². The fourth-order valence-electron chi connectivity index (χ4n) is 2.68. The zero-order chi connectivity index (χ0) is 15.1. The van der Waals surface area contributed by atoms with Gasteiger partial charge in [0.05, 0.1) is 0 Å². The predicted molar refractivity (Wildman–Crippen MR) is 74.8 cm³/mol. The molecule has 1 nitrogen and oxygen atoms in total. The molecule has 0 aliphatic carbocycles. The molecule has 1 aromatic rings. The van der Waals surface area contributed by atoms with E-state index in [1.54, 1.807) is 6.07 Å². The first kappa shape index (κ1) is 15.4.